The third kappa shape index (κ3) is 7.03. The van der Waals surface area contributed by atoms with E-state index in [1.807, 2.05) is 12.1 Å². The summed E-state index contributed by atoms with van der Waals surface area (Å²) < 4.78 is 10.1. The van der Waals surface area contributed by atoms with E-state index in [4.69, 9.17) is 8.83 Å². The van der Waals surface area contributed by atoms with Gasteiger partial charge in [-0.15, -0.1) is 0 Å². The largest absolute Gasteiger partial charge is 0.472 e. The molecule has 0 aliphatic rings. The average molecular weight is 328 g/mol. The van der Waals surface area contributed by atoms with Crippen LogP contribution in [0.2, 0.25) is 0 Å². The first kappa shape index (κ1) is 18.3. The fourth-order valence-corrected chi connectivity index (χ4v) is 2.96. The Morgan fingerprint density at radius 3 is 2.42 bits per heavy atom. The zero-order valence-electron chi connectivity index (χ0n) is 14.8. The Bertz CT molecular complexity index is 606. The van der Waals surface area contributed by atoms with Crippen molar-refractivity contribution in [3.05, 3.63) is 60.0 Å². The number of aryl methyl sites for hydroxylation is 2. The molecule has 2 aromatic heterocycles. The number of hydrogen-bond donors (Lipinski definition) is 0. The van der Waals surface area contributed by atoms with Crippen molar-refractivity contribution in [2.75, 3.05) is 0 Å². The van der Waals surface area contributed by atoms with E-state index in [1.54, 1.807) is 25.1 Å². The molecule has 3 heteroatoms. The molecule has 0 saturated carbocycles. The lowest BCUT2D eigenvalue weighted by Gasteiger charge is -2.10. The van der Waals surface area contributed by atoms with E-state index >= 15 is 0 Å². The minimum absolute atomic E-state index is 0.350. The van der Waals surface area contributed by atoms with Gasteiger partial charge in [0.1, 0.15) is 5.78 Å². The number of rotatable bonds is 11. The van der Waals surface area contributed by atoms with E-state index in [-0.39, 0.29) is 0 Å². The molecule has 0 fully saturated rings. The highest BCUT2D eigenvalue weighted by Gasteiger charge is 2.10. The second-order valence-electron chi connectivity index (χ2n) is 6.77. The van der Waals surface area contributed by atoms with Crippen LogP contribution in [-0.2, 0) is 17.6 Å². The Morgan fingerprint density at radius 1 is 1.12 bits per heavy atom. The van der Waals surface area contributed by atoms with Gasteiger partial charge in [0.25, 0.3) is 0 Å². The van der Waals surface area contributed by atoms with Gasteiger partial charge in [0.15, 0.2) is 0 Å². The smallest absolute Gasteiger partial charge is 0.137 e. The SMILES string of the molecule is C/C(=C\CCc1ccoc1)CC(=O)C[C@H](C)CCCc1ccoc1. The summed E-state index contributed by atoms with van der Waals surface area (Å²) in [6, 6.07) is 3.99. The van der Waals surface area contributed by atoms with Crippen molar-refractivity contribution in [2.24, 2.45) is 5.92 Å². The van der Waals surface area contributed by atoms with Gasteiger partial charge >= 0.3 is 0 Å². The van der Waals surface area contributed by atoms with Crippen molar-refractivity contribution in [1.29, 1.82) is 0 Å². The number of ketones is 1. The predicted octanol–water partition coefficient (Wildman–Crippen LogP) is 5.76. The first-order valence-electron chi connectivity index (χ1n) is 8.83. The van der Waals surface area contributed by atoms with Crippen molar-refractivity contribution in [2.45, 2.75) is 58.8 Å². The average Bonchev–Trinajstić information content (AvgIpc) is 3.20. The van der Waals surface area contributed by atoms with Gasteiger partial charge in [0.05, 0.1) is 25.1 Å². The summed E-state index contributed by atoms with van der Waals surface area (Å²) in [5, 5.41) is 0. The summed E-state index contributed by atoms with van der Waals surface area (Å²) in [6.07, 6.45) is 15.6. The molecule has 0 radical (unpaired) electrons. The maximum Gasteiger partial charge on any atom is 0.137 e. The molecule has 0 N–H and O–H groups in total. The van der Waals surface area contributed by atoms with Crippen LogP contribution < -0.4 is 0 Å². The van der Waals surface area contributed by atoms with Gasteiger partial charge in [0, 0.05) is 12.8 Å². The van der Waals surface area contributed by atoms with Gasteiger partial charge in [-0.2, -0.15) is 0 Å². The van der Waals surface area contributed by atoms with Crippen LogP contribution in [0.15, 0.2) is 57.7 Å². The highest BCUT2D eigenvalue weighted by atomic mass is 16.3. The van der Waals surface area contributed by atoms with Crippen LogP contribution in [-0.4, -0.2) is 5.78 Å². The van der Waals surface area contributed by atoms with Crippen LogP contribution in [0.4, 0.5) is 0 Å². The second kappa shape index (κ2) is 9.96. The molecular formula is C21H28O3. The number of Topliss-reactive ketones (excluding diaryl/α,β-unsaturated/α-hetero) is 1. The normalized spacial score (nSPS) is 13.2. The van der Waals surface area contributed by atoms with Crippen LogP contribution in [0.3, 0.4) is 0 Å². The topological polar surface area (TPSA) is 43.4 Å². The van der Waals surface area contributed by atoms with Gasteiger partial charge in [-0.3, -0.25) is 4.79 Å². The van der Waals surface area contributed by atoms with Crippen molar-refractivity contribution < 1.29 is 13.6 Å². The van der Waals surface area contributed by atoms with Crippen LogP contribution in [0.1, 0.15) is 57.1 Å². The Morgan fingerprint density at radius 2 is 1.79 bits per heavy atom. The standard InChI is InChI=1S/C21H28O3/c1-17(5-3-7-19-9-11-23-15-19)13-21(22)14-18(2)6-4-8-20-10-12-24-16-20/h5,9-12,15-16,18H,3-4,6-8,13-14H2,1-2H3/b17-5+/t18-/m1/s1. The molecule has 24 heavy (non-hydrogen) atoms. The van der Waals surface area contributed by atoms with Crippen molar-refractivity contribution in [3.63, 3.8) is 0 Å². The van der Waals surface area contributed by atoms with Gasteiger partial charge in [0.2, 0.25) is 0 Å². The number of hydrogen-bond acceptors (Lipinski definition) is 3. The molecule has 0 spiro atoms. The predicted molar refractivity (Wildman–Crippen MR) is 95.8 cm³/mol. The zero-order valence-corrected chi connectivity index (χ0v) is 14.8. The molecule has 0 saturated heterocycles. The van der Waals surface area contributed by atoms with Crippen LogP contribution in [0, 0.1) is 5.92 Å². The van der Waals surface area contributed by atoms with Gasteiger partial charge < -0.3 is 8.83 Å². The minimum atomic E-state index is 0.350. The summed E-state index contributed by atoms with van der Waals surface area (Å²) in [5.74, 6) is 0.797. The summed E-state index contributed by atoms with van der Waals surface area (Å²) in [4.78, 5) is 12.2. The van der Waals surface area contributed by atoms with Crippen LogP contribution in [0.5, 0.6) is 0 Å². The first-order chi connectivity index (χ1) is 11.6. The monoisotopic (exact) mass is 328 g/mol. The second-order valence-corrected chi connectivity index (χ2v) is 6.77. The van der Waals surface area contributed by atoms with Gasteiger partial charge in [-0.05, 0) is 68.2 Å². The highest BCUT2D eigenvalue weighted by Crippen LogP contribution is 2.17. The molecule has 2 heterocycles. The molecule has 2 rings (SSSR count). The lowest BCUT2D eigenvalue weighted by molar-refractivity contribution is -0.119. The molecule has 0 aliphatic heterocycles. The van der Waals surface area contributed by atoms with E-state index in [9.17, 15) is 4.79 Å². The van der Waals surface area contributed by atoms with E-state index in [2.05, 4.69) is 19.9 Å². The maximum atomic E-state index is 12.2. The molecule has 2 aromatic rings. The van der Waals surface area contributed by atoms with Crippen LogP contribution in [0.25, 0.3) is 0 Å². The minimum Gasteiger partial charge on any atom is -0.472 e. The first-order valence-corrected chi connectivity index (χ1v) is 8.83. The van der Waals surface area contributed by atoms with E-state index in [0.29, 0.717) is 24.5 Å². The number of allylic oxidation sites excluding steroid dienone is 2. The fourth-order valence-electron chi connectivity index (χ4n) is 2.96. The quantitative estimate of drug-likeness (QED) is 0.492. The Hall–Kier alpha value is -2.03. The molecule has 0 aliphatic carbocycles. The number of carbonyl (C=O) groups excluding carboxylic acids is 1. The van der Waals surface area contributed by atoms with Gasteiger partial charge in [-0.1, -0.05) is 18.6 Å². The highest BCUT2D eigenvalue weighted by molar-refractivity contribution is 5.80. The van der Waals surface area contributed by atoms with E-state index < -0.39 is 0 Å². The Labute approximate surface area is 144 Å². The van der Waals surface area contributed by atoms with E-state index in [0.717, 1.165) is 32.1 Å². The maximum absolute atomic E-state index is 12.2. The van der Waals surface area contributed by atoms with E-state index in [1.165, 1.54) is 16.7 Å². The summed E-state index contributed by atoms with van der Waals surface area (Å²) >= 11 is 0. The molecule has 0 bridgehead atoms. The third-order valence-electron chi connectivity index (χ3n) is 4.30. The van der Waals surface area contributed by atoms with Crippen molar-refractivity contribution in [3.8, 4) is 0 Å². The van der Waals surface area contributed by atoms with Crippen molar-refractivity contribution >= 4 is 5.78 Å². The lowest BCUT2D eigenvalue weighted by atomic mass is 9.94. The number of furan rings is 2. The molecule has 0 unspecified atom stereocenters. The summed E-state index contributed by atoms with van der Waals surface area (Å²) in [7, 11) is 0. The van der Waals surface area contributed by atoms with Crippen molar-refractivity contribution in [1.82, 2.24) is 0 Å². The molecular weight excluding hydrogens is 300 g/mol. The molecule has 130 valence electrons. The molecule has 0 aromatic carbocycles. The fraction of sp³-hybridized carbons (Fsp3) is 0.476. The number of carbonyl (C=O) groups is 1. The Balaban J connectivity index is 1.60. The van der Waals surface area contributed by atoms with Gasteiger partial charge in [-0.25, -0.2) is 0 Å². The molecule has 0 amide bonds. The lowest BCUT2D eigenvalue weighted by Crippen LogP contribution is -2.06. The zero-order chi connectivity index (χ0) is 17.2. The van der Waals surface area contributed by atoms with Crippen LogP contribution >= 0.6 is 0 Å². The molecule has 3 nitrogen and oxygen atoms in total. The summed E-state index contributed by atoms with van der Waals surface area (Å²) in [5.41, 5.74) is 3.62. The molecule has 1 atom stereocenters. The summed E-state index contributed by atoms with van der Waals surface area (Å²) in [6.45, 7) is 4.22. The third-order valence-corrected chi connectivity index (χ3v) is 4.30. The Kier molecular flexibility index (Phi) is 7.60.